The van der Waals surface area contributed by atoms with Crippen LogP contribution in [0.4, 0.5) is 0 Å². The minimum absolute atomic E-state index is 0.0317. The van der Waals surface area contributed by atoms with Crippen molar-refractivity contribution >= 4 is 28.4 Å². The number of benzene rings is 2. The number of hydrogen-bond acceptors (Lipinski definition) is 2. The van der Waals surface area contributed by atoms with Gasteiger partial charge in [-0.05, 0) is 31.5 Å². The van der Waals surface area contributed by atoms with Crippen LogP contribution in [-0.4, -0.2) is 22.2 Å². The van der Waals surface area contributed by atoms with E-state index < -0.39 is 6.04 Å². The second-order valence-corrected chi connectivity index (χ2v) is 6.22. The Morgan fingerprint density at radius 2 is 2.00 bits per heavy atom. The van der Waals surface area contributed by atoms with Gasteiger partial charge in [0, 0.05) is 22.5 Å². The van der Waals surface area contributed by atoms with Gasteiger partial charge in [0.15, 0.2) is 0 Å². The van der Waals surface area contributed by atoms with E-state index in [2.05, 4.69) is 5.32 Å². The molecule has 4 nitrogen and oxygen atoms in total. The van der Waals surface area contributed by atoms with E-state index in [0.29, 0.717) is 11.6 Å². The van der Waals surface area contributed by atoms with Crippen LogP contribution in [-0.2, 0) is 4.79 Å². The van der Waals surface area contributed by atoms with Crippen LogP contribution in [0.2, 0.25) is 5.02 Å². The van der Waals surface area contributed by atoms with E-state index in [0.717, 1.165) is 28.6 Å². The minimum Gasteiger partial charge on any atom is -0.354 e. The number of carbonyl (C=O) groups is 1. The number of nitrogens with zero attached hydrogens (tertiary/aromatic N) is 2. The molecular formula is C19H20ClN3O. The summed E-state index contributed by atoms with van der Waals surface area (Å²) in [5, 5.41) is 9.26. The number of halogens is 1. The van der Waals surface area contributed by atoms with Crippen LogP contribution in [0, 0.1) is 0 Å². The highest BCUT2D eigenvalue weighted by Crippen LogP contribution is 2.31. The maximum Gasteiger partial charge on any atom is 0.244 e. The molecule has 0 saturated carbocycles. The topological polar surface area (TPSA) is 46.9 Å². The lowest BCUT2D eigenvalue weighted by Gasteiger charge is -2.13. The smallest absolute Gasteiger partial charge is 0.244 e. The van der Waals surface area contributed by atoms with E-state index >= 15 is 0 Å². The van der Waals surface area contributed by atoms with Crippen LogP contribution in [0.15, 0.2) is 48.5 Å². The van der Waals surface area contributed by atoms with E-state index in [-0.39, 0.29) is 5.91 Å². The Morgan fingerprint density at radius 1 is 1.25 bits per heavy atom. The lowest BCUT2D eigenvalue weighted by Crippen LogP contribution is -2.31. The summed E-state index contributed by atoms with van der Waals surface area (Å²) in [6.45, 7) is 4.56. The predicted molar refractivity (Wildman–Crippen MR) is 98.2 cm³/mol. The Labute approximate surface area is 146 Å². The van der Waals surface area contributed by atoms with Crippen LogP contribution < -0.4 is 5.32 Å². The third-order valence-corrected chi connectivity index (χ3v) is 4.25. The highest BCUT2D eigenvalue weighted by atomic mass is 35.5. The van der Waals surface area contributed by atoms with Crippen molar-refractivity contribution in [3.63, 3.8) is 0 Å². The first kappa shape index (κ1) is 16.5. The van der Waals surface area contributed by atoms with E-state index in [4.69, 9.17) is 16.7 Å². The van der Waals surface area contributed by atoms with Crippen molar-refractivity contribution in [1.82, 2.24) is 15.1 Å². The van der Waals surface area contributed by atoms with Crippen LogP contribution in [0.3, 0.4) is 0 Å². The van der Waals surface area contributed by atoms with E-state index in [1.807, 2.05) is 62.4 Å². The summed E-state index contributed by atoms with van der Waals surface area (Å²) in [6, 6.07) is 15.2. The fraction of sp³-hybridized carbons (Fsp3) is 0.263. The van der Waals surface area contributed by atoms with Crippen molar-refractivity contribution in [2.75, 3.05) is 6.54 Å². The van der Waals surface area contributed by atoms with Gasteiger partial charge in [0.25, 0.3) is 0 Å². The zero-order valence-corrected chi connectivity index (χ0v) is 14.5. The van der Waals surface area contributed by atoms with Gasteiger partial charge in [-0.2, -0.15) is 5.10 Å². The van der Waals surface area contributed by atoms with Gasteiger partial charge < -0.3 is 5.32 Å². The standard InChI is InChI=1S/C19H20ClN3O/c1-3-11-21-19(24)13(2)23-17-10-9-15(20)12-16(17)18(22-23)14-7-5-4-6-8-14/h4-10,12-13H,3,11H2,1-2H3,(H,21,24)/t13-/m0/s1. The molecule has 0 unspecified atom stereocenters. The number of carbonyl (C=O) groups excluding carboxylic acids is 1. The van der Waals surface area contributed by atoms with Gasteiger partial charge in [-0.25, -0.2) is 0 Å². The molecule has 0 radical (unpaired) electrons. The van der Waals surface area contributed by atoms with Gasteiger partial charge in [0.05, 0.1) is 5.52 Å². The molecule has 2 aromatic carbocycles. The third kappa shape index (κ3) is 3.15. The average molecular weight is 342 g/mol. The zero-order chi connectivity index (χ0) is 17.1. The number of nitrogens with one attached hydrogen (secondary N) is 1. The second kappa shape index (κ2) is 7.05. The van der Waals surface area contributed by atoms with Crippen molar-refractivity contribution in [2.45, 2.75) is 26.3 Å². The molecule has 0 saturated heterocycles. The molecule has 5 heteroatoms. The molecule has 1 amide bonds. The summed E-state index contributed by atoms with van der Waals surface area (Å²) >= 11 is 6.18. The molecule has 1 atom stereocenters. The van der Waals surface area contributed by atoms with Crippen molar-refractivity contribution < 1.29 is 4.79 Å². The molecular weight excluding hydrogens is 322 g/mol. The van der Waals surface area contributed by atoms with Crippen molar-refractivity contribution in [1.29, 1.82) is 0 Å². The monoisotopic (exact) mass is 341 g/mol. The molecule has 0 aliphatic rings. The van der Waals surface area contributed by atoms with Crippen LogP contribution in [0.25, 0.3) is 22.2 Å². The molecule has 1 heterocycles. The largest absolute Gasteiger partial charge is 0.354 e. The molecule has 1 N–H and O–H groups in total. The van der Waals surface area contributed by atoms with E-state index in [1.54, 1.807) is 4.68 Å². The summed E-state index contributed by atoms with van der Waals surface area (Å²) in [4.78, 5) is 12.4. The zero-order valence-electron chi connectivity index (χ0n) is 13.8. The van der Waals surface area contributed by atoms with Gasteiger partial charge in [0.2, 0.25) is 5.91 Å². The van der Waals surface area contributed by atoms with Crippen LogP contribution in [0.5, 0.6) is 0 Å². The van der Waals surface area contributed by atoms with Gasteiger partial charge >= 0.3 is 0 Å². The number of amides is 1. The molecule has 0 spiro atoms. The maximum atomic E-state index is 12.4. The van der Waals surface area contributed by atoms with Gasteiger partial charge in [-0.15, -0.1) is 0 Å². The molecule has 124 valence electrons. The first-order chi connectivity index (χ1) is 11.6. The Kier molecular flexibility index (Phi) is 4.86. The summed E-state index contributed by atoms with van der Waals surface area (Å²) in [7, 11) is 0. The first-order valence-electron chi connectivity index (χ1n) is 8.12. The van der Waals surface area contributed by atoms with Crippen LogP contribution in [0.1, 0.15) is 26.3 Å². The van der Waals surface area contributed by atoms with Gasteiger partial charge in [-0.1, -0.05) is 48.9 Å². The summed E-state index contributed by atoms with van der Waals surface area (Å²) in [5.41, 5.74) is 2.74. The van der Waals surface area contributed by atoms with E-state index in [1.165, 1.54) is 0 Å². The first-order valence-corrected chi connectivity index (χ1v) is 8.50. The van der Waals surface area contributed by atoms with Crippen molar-refractivity contribution in [2.24, 2.45) is 0 Å². The Morgan fingerprint density at radius 3 is 2.71 bits per heavy atom. The van der Waals surface area contributed by atoms with Gasteiger partial charge in [0.1, 0.15) is 11.7 Å². The molecule has 0 aliphatic heterocycles. The molecule has 3 rings (SSSR count). The second-order valence-electron chi connectivity index (χ2n) is 5.79. The number of rotatable bonds is 5. The normalized spacial score (nSPS) is 12.3. The minimum atomic E-state index is -0.391. The van der Waals surface area contributed by atoms with Crippen molar-refractivity contribution in [3.8, 4) is 11.3 Å². The number of aromatic nitrogens is 2. The highest BCUT2D eigenvalue weighted by Gasteiger charge is 2.21. The molecule has 3 aromatic rings. The lowest BCUT2D eigenvalue weighted by atomic mass is 10.1. The fourth-order valence-corrected chi connectivity index (χ4v) is 2.90. The highest BCUT2D eigenvalue weighted by molar-refractivity contribution is 6.31. The number of fused-ring (bicyclic) bond motifs is 1. The Bertz CT molecular complexity index is 858. The predicted octanol–water partition coefficient (Wildman–Crippen LogP) is 4.44. The molecule has 1 aromatic heterocycles. The Balaban J connectivity index is 2.11. The Hall–Kier alpha value is -2.33. The van der Waals surface area contributed by atoms with Crippen LogP contribution >= 0.6 is 11.6 Å². The lowest BCUT2D eigenvalue weighted by molar-refractivity contribution is -0.124. The SMILES string of the molecule is CCCNC(=O)[C@H](C)n1nc(-c2ccccc2)c2cc(Cl)ccc21. The summed E-state index contributed by atoms with van der Waals surface area (Å²) < 4.78 is 1.78. The molecule has 0 bridgehead atoms. The van der Waals surface area contributed by atoms with Gasteiger partial charge in [-0.3, -0.25) is 9.48 Å². The number of hydrogen-bond donors (Lipinski definition) is 1. The van der Waals surface area contributed by atoms with Crippen molar-refractivity contribution in [3.05, 3.63) is 53.6 Å². The summed E-state index contributed by atoms with van der Waals surface area (Å²) in [6.07, 6.45) is 0.906. The molecule has 0 fully saturated rings. The molecule has 24 heavy (non-hydrogen) atoms. The maximum absolute atomic E-state index is 12.4. The third-order valence-electron chi connectivity index (χ3n) is 4.01. The summed E-state index contributed by atoms with van der Waals surface area (Å²) in [5.74, 6) is -0.0317. The van der Waals surface area contributed by atoms with E-state index in [9.17, 15) is 4.79 Å². The average Bonchev–Trinajstić information content (AvgIpc) is 2.98. The molecule has 0 aliphatic carbocycles. The fourth-order valence-electron chi connectivity index (χ4n) is 2.72. The quantitative estimate of drug-likeness (QED) is 0.745.